The Morgan fingerprint density at radius 3 is 1.64 bits per heavy atom. The van der Waals surface area contributed by atoms with Crippen molar-refractivity contribution in [2.75, 3.05) is 6.61 Å². The lowest BCUT2D eigenvalue weighted by Gasteiger charge is -2.23. The molecule has 1 fully saturated rings. The van der Waals surface area contributed by atoms with E-state index in [4.69, 9.17) is 24.5 Å². The summed E-state index contributed by atoms with van der Waals surface area (Å²) in [5, 5.41) is 3.68. The quantitative estimate of drug-likeness (QED) is 0.221. The van der Waals surface area contributed by atoms with Gasteiger partial charge in [-0.25, -0.2) is 14.4 Å². The van der Waals surface area contributed by atoms with E-state index in [9.17, 15) is 14.4 Å². The van der Waals surface area contributed by atoms with E-state index in [1.54, 1.807) is 91.0 Å². The van der Waals surface area contributed by atoms with Crippen LogP contribution in [0.1, 0.15) is 31.1 Å². The van der Waals surface area contributed by atoms with Crippen molar-refractivity contribution in [3.05, 3.63) is 108 Å². The number of carbonyl (C=O) groups is 3. The third-order valence-corrected chi connectivity index (χ3v) is 5.35. The zero-order chi connectivity index (χ0) is 25.3. The first kappa shape index (κ1) is 24.5. The van der Waals surface area contributed by atoms with Crippen LogP contribution in [0.5, 0.6) is 0 Å². The van der Waals surface area contributed by atoms with Gasteiger partial charge in [-0.3, -0.25) is 0 Å². The average molecular weight is 488 g/mol. The first-order valence-electron chi connectivity index (χ1n) is 11.0. The molecule has 0 radical (unpaired) electrons. The summed E-state index contributed by atoms with van der Waals surface area (Å²) in [4.78, 5) is 41.1. The normalized spacial score (nSPS) is 20.6. The van der Waals surface area contributed by atoms with Crippen LogP contribution in [0.3, 0.4) is 0 Å². The Kier molecular flexibility index (Phi) is 7.92. The van der Waals surface area contributed by atoms with Gasteiger partial charge in [-0.2, -0.15) is 0 Å². The van der Waals surface area contributed by atoms with Gasteiger partial charge >= 0.3 is 17.9 Å². The van der Waals surface area contributed by atoms with Crippen LogP contribution in [-0.4, -0.2) is 49.1 Å². The smallest absolute Gasteiger partial charge is 0.338 e. The number of nitrogens with zero attached hydrogens (tertiary/aromatic N) is 2. The number of esters is 3. The highest BCUT2D eigenvalue weighted by atomic mass is 16.7. The van der Waals surface area contributed by atoms with E-state index >= 15 is 0 Å². The molecule has 0 bridgehead atoms. The van der Waals surface area contributed by atoms with Crippen LogP contribution in [0.25, 0.3) is 0 Å². The maximum Gasteiger partial charge on any atom is 0.338 e. The van der Waals surface area contributed by atoms with Gasteiger partial charge in [0.15, 0.2) is 17.3 Å². The van der Waals surface area contributed by atoms with Crippen LogP contribution < -0.4 is 4.91 Å². The maximum absolute atomic E-state index is 12.9. The van der Waals surface area contributed by atoms with Crippen molar-refractivity contribution < 1.29 is 33.3 Å². The van der Waals surface area contributed by atoms with E-state index in [1.165, 1.54) is 0 Å². The predicted molar refractivity (Wildman–Crippen MR) is 124 cm³/mol. The highest BCUT2D eigenvalue weighted by Gasteiger charge is 2.53. The highest BCUT2D eigenvalue weighted by molar-refractivity contribution is 5.91. The SMILES string of the molecule is N=[N+]=N[C@@H]1O[C@H](COC(=O)c2ccccc2)[C@@H](OC(=O)c2ccccc2)[C@H]1OC(=O)c1ccccc1. The zero-order valence-electron chi connectivity index (χ0n) is 18.9. The molecular weight excluding hydrogens is 466 g/mol. The summed E-state index contributed by atoms with van der Waals surface area (Å²) in [6, 6.07) is 24.7. The summed E-state index contributed by atoms with van der Waals surface area (Å²) in [5.74, 6) is -2.03. The molecule has 36 heavy (non-hydrogen) atoms. The van der Waals surface area contributed by atoms with Gasteiger partial charge in [-0.1, -0.05) is 54.6 Å². The van der Waals surface area contributed by atoms with Crippen molar-refractivity contribution in [1.29, 1.82) is 5.53 Å². The lowest BCUT2D eigenvalue weighted by atomic mass is 10.1. The topological polar surface area (TPSA) is 138 Å². The maximum atomic E-state index is 12.9. The number of hydrogen-bond donors (Lipinski definition) is 1. The number of hydrogen-bond acceptors (Lipinski definition) is 9. The monoisotopic (exact) mass is 488 g/mol. The van der Waals surface area contributed by atoms with Crippen molar-refractivity contribution in [3.8, 4) is 0 Å². The van der Waals surface area contributed by atoms with Gasteiger partial charge in [0.1, 0.15) is 18.2 Å². The molecule has 10 heteroatoms. The lowest BCUT2D eigenvalue weighted by molar-refractivity contribution is -0.0448. The van der Waals surface area contributed by atoms with Crippen LogP contribution in [0.15, 0.2) is 96.1 Å². The second kappa shape index (κ2) is 11.7. The Labute approximate surface area is 206 Å². The first-order chi connectivity index (χ1) is 17.6. The summed E-state index contributed by atoms with van der Waals surface area (Å²) in [7, 11) is 0. The summed E-state index contributed by atoms with van der Waals surface area (Å²) in [6.45, 7) is -0.329. The predicted octanol–water partition coefficient (Wildman–Crippen LogP) is 3.57. The second-order valence-electron chi connectivity index (χ2n) is 7.72. The van der Waals surface area contributed by atoms with Gasteiger partial charge < -0.3 is 18.9 Å². The van der Waals surface area contributed by atoms with E-state index in [0.717, 1.165) is 0 Å². The van der Waals surface area contributed by atoms with E-state index in [2.05, 4.69) is 10.0 Å². The number of nitrogens with one attached hydrogen (secondary N) is 1. The average Bonchev–Trinajstić information content (AvgIpc) is 3.24. The Morgan fingerprint density at radius 2 is 1.17 bits per heavy atom. The third-order valence-electron chi connectivity index (χ3n) is 5.35. The molecule has 1 saturated heterocycles. The molecule has 10 nitrogen and oxygen atoms in total. The van der Waals surface area contributed by atoms with Crippen molar-refractivity contribution in [3.63, 3.8) is 0 Å². The Bertz CT molecular complexity index is 1250. The number of benzene rings is 3. The molecule has 3 aromatic carbocycles. The molecule has 4 atom stereocenters. The van der Waals surface area contributed by atoms with Crippen LogP contribution in [0.2, 0.25) is 0 Å². The molecule has 0 aliphatic carbocycles. The van der Waals surface area contributed by atoms with Gasteiger partial charge in [0.25, 0.3) is 6.23 Å². The molecule has 0 spiro atoms. The van der Waals surface area contributed by atoms with Gasteiger partial charge in [0.2, 0.25) is 4.91 Å². The van der Waals surface area contributed by atoms with Crippen molar-refractivity contribution in [1.82, 2.24) is 4.91 Å². The van der Waals surface area contributed by atoms with Gasteiger partial charge in [-0.15, -0.1) is 0 Å². The summed E-state index contributed by atoms with van der Waals surface area (Å²) in [5.41, 5.74) is 7.98. The standard InChI is InChI=1S/C26H22N3O7/c27-29-28-23-22(36-26(32)19-14-8-3-9-15-19)21(35-25(31)18-12-6-2-7-13-18)20(34-23)16-33-24(30)17-10-4-1-5-11-17/h1-15,20-23,27H,16H2/q+1/t20-,21-,22-,23-/m1/s1. The molecule has 1 heterocycles. The molecule has 0 amide bonds. The van der Waals surface area contributed by atoms with Crippen LogP contribution >= 0.6 is 0 Å². The zero-order valence-corrected chi connectivity index (χ0v) is 18.9. The van der Waals surface area contributed by atoms with Gasteiger partial charge in [-0.05, 0) is 36.4 Å². The van der Waals surface area contributed by atoms with E-state index in [-0.39, 0.29) is 17.7 Å². The van der Waals surface area contributed by atoms with Gasteiger partial charge in [0, 0.05) is 0 Å². The Morgan fingerprint density at radius 1 is 0.722 bits per heavy atom. The molecule has 0 unspecified atom stereocenters. The third kappa shape index (κ3) is 5.87. The minimum absolute atomic E-state index is 0.256. The first-order valence-corrected chi connectivity index (χ1v) is 11.0. The lowest BCUT2D eigenvalue weighted by Crippen LogP contribution is -2.41. The Balaban J connectivity index is 1.58. The van der Waals surface area contributed by atoms with Crippen molar-refractivity contribution in [2.45, 2.75) is 24.5 Å². The molecule has 1 N–H and O–H groups in total. The molecule has 0 aromatic heterocycles. The number of rotatable bonds is 8. The van der Waals surface area contributed by atoms with Crippen LogP contribution in [0, 0.1) is 5.53 Å². The van der Waals surface area contributed by atoms with Crippen molar-refractivity contribution >= 4 is 17.9 Å². The molecule has 182 valence electrons. The number of carbonyl (C=O) groups excluding carboxylic acids is 3. The largest absolute Gasteiger partial charge is 0.459 e. The minimum Gasteiger partial charge on any atom is -0.459 e. The van der Waals surface area contributed by atoms with Crippen LogP contribution in [-0.2, 0) is 18.9 Å². The van der Waals surface area contributed by atoms with E-state index in [1.807, 2.05) is 0 Å². The highest BCUT2D eigenvalue weighted by Crippen LogP contribution is 2.29. The molecule has 4 rings (SSSR count). The molecule has 0 saturated carbocycles. The second-order valence-corrected chi connectivity index (χ2v) is 7.72. The minimum atomic E-state index is -1.26. The summed E-state index contributed by atoms with van der Waals surface area (Å²) >= 11 is 0. The molecule has 3 aromatic rings. The molecule has 1 aliphatic rings. The molecule has 1 aliphatic heterocycles. The van der Waals surface area contributed by atoms with Crippen molar-refractivity contribution in [2.24, 2.45) is 5.11 Å². The van der Waals surface area contributed by atoms with Crippen LogP contribution in [0.4, 0.5) is 0 Å². The summed E-state index contributed by atoms with van der Waals surface area (Å²) in [6.07, 6.45) is -4.76. The summed E-state index contributed by atoms with van der Waals surface area (Å²) < 4.78 is 22.4. The van der Waals surface area contributed by atoms with E-state index in [0.29, 0.717) is 5.56 Å². The fourth-order valence-electron chi connectivity index (χ4n) is 3.61. The molecular formula is C26H22N3O7+. The number of ether oxygens (including phenoxy) is 4. The Hall–Kier alpha value is -4.66. The fraction of sp³-hybridized carbons (Fsp3) is 0.192. The fourth-order valence-corrected chi connectivity index (χ4v) is 3.61. The van der Waals surface area contributed by atoms with E-state index < -0.39 is 42.4 Å². The van der Waals surface area contributed by atoms with Gasteiger partial charge in [0.05, 0.1) is 16.7 Å².